The molecule has 17 heavy (non-hydrogen) atoms. The Morgan fingerprint density at radius 1 is 1.53 bits per heavy atom. The van der Waals surface area contributed by atoms with Crippen molar-refractivity contribution in [3.05, 3.63) is 28.8 Å². The van der Waals surface area contributed by atoms with Crippen LogP contribution in [0.2, 0.25) is 5.02 Å². The van der Waals surface area contributed by atoms with Crippen molar-refractivity contribution in [1.82, 2.24) is 5.32 Å². The summed E-state index contributed by atoms with van der Waals surface area (Å²) in [5.41, 5.74) is 4.98. The molecule has 0 unspecified atom stereocenters. The first kappa shape index (κ1) is 12.8. The third kappa shape index (κ3) is 4.01. The standard InChI is InChI=1S/C10H8ClN3O3/c11-7-2-1-6(4-12)8(3-7)17-5-9(15)14-10(13)16/h1-3H,5H2,(H3,13,14,15,16). The average Bonchev–Trinajstić information content (AvgIpc) is 2.25. The lowest BCUT2D eigenvalue weighted by atomic mass is 10.2. The molecule has 0 aliphatic heterocycles. The molecule has 1 aromatic carbocycles. The van der Waals surface area contributed by atoms with Crippen molar-refractivity contribution < 1.29 is 14.3 Å². The summed E-state index contributed by atoms with van der Waals surface area (Å²) >= 11 is 5.71. The number of nitriles is 1. The largest absolute Gasteiger partial charge is 0.482 e. The normalized spacial score (nSPS) is 9.18. The van der Waals surface area contributed by atoms with Crippen LogP contribution in [0.25, 0.3) is 0 Å². The molecule has 0 aliphatic carbocycles. The van der Waals surface area contributed by atoms with E-state index in [0.717, 1.165) is 0 Å². The predicted molar refractivity (Wildman–Crippen MR) is 59.4 cm³/mol. The van der Waals surface area contributed by atoms with Crippen LogP contribution in [0.1, 0.15) is 5.56 Å². The fourth-order valence-electron chi connectivity index (χ4n) is 1.02. The number of nitrogens with zero attached hydrogens (tertiary/aromatic N) is 1. The van der Waals surface area contributed by atoms with E-state index in [4.69, 9.17) is 27.3 Å². The molecule has 0 saturated heterocycles. The molecule has 1 rings (SSSR count). The molecule has 0 bridgehead atoms. The summed E-state index contributed by atoms with van der Waals surface area (Å²) < 4.78 is 5.04. The summed E-state index contributed by atoms with van der Waals surface area (Å²) in [4.78, 5) is 21.4. The number of amides is 3. The topological polar surface area (TPSA) is 105 Å². The highest BCUT2D eigenvalue weighted by atomic mass is 35.5. The molecule has 3 amide bonds. The third-order valence-corrected chi connectivity index (χ3v) is 1.92. The lowest BCUT2D eigenvalue weighted by Crippen LogP contribution is -2.38. The monoisotopic (exact) mass is 253 g/mol. The van der Waals surface area contributed by atoms with Crippen LogP contribution in [-0.4, -0.2) is 18.5 Å². The Kier molecular flexibility index (Phi) is 4.31. The fourth-order valence-corrected chi connectivity index (χ4v) is 1.19. The summed E-state index contributed by atoms with van der Waals surface area (Å²) in [6.07, 6.45) is 0. The molecule has 0 fully saturated rings. The van der Waals surface area contributed by atoms with Crippen molar-refractivity contribution in [2.24, 2.45) is 5.73 Å². The minimum atomic E-state index is -0.967. The Morgan fingerprint density at radius 2 is 2.24 bits per heavy atom. The summed E-state index contributed by atoms with van der Waals surface area (Å²) in [5.74, 6) is -0.541. The number of carbonyl (C=O) groups excluding carboxylic acids is 2. The number of benzene rings is 1. The Bertz CT molecular complexity index is 496. The van der Waals surface area contributed by atoms with E-state index in [1.54, 1.807) is 0 Å². The van der Waals surface area contributed by atoms with Crippen molar-refractivity contribution in [2.45, 2.75) is 0 Å². The number of nitrogens with one attached hydrogen (secondary N) is 1. The molecule has 88 valence electrons. The predicted octanol–water partition coefficient (Wildman–Crippen LogP) is 0.785. The molecule has 0 atom stereocenters. The van der Waals surface area contributed by atoms with E-state index >= 15 is 0 Å². The number of rotatable bonds is 3. The van der Waals surface area contributed by atoms with E-state index in [2.05, 4.69) is 0 Å². The van der Waals surface area contributed by atoms with Gasteiger partial charge in [0.1, 0.15) is 11.8 Å². The van der Waals surface area contributed by atoms with Crippen LogP contribution in [-0.2, 0) is 4.79 Å². The number of urea groups is 1. The molecule has 6 nitrogen and oxygen atoms in total. The summed E-state index contributed by atoms with van der Waals surface area (Å²) in [6, 6.07) is 5.30. The number of primary amides is 1. The summed E-state index contributed by atoms with van der Waals surface area (Å²) in [5, 5.41) is 11.0. The highest BCUT2D eigenvalue weighted by molar-refractivity contribution is 6.30. The van der Waals surface area contributed by atoms with Gasteiger partial charge in [0, 0.05) is 11.1 Å². The molecule has 7 heteroatoms. The van der Waals surface area contributed by atoms with Gasteiger partial charge in [0.25, 0.3) is 5.91 Å². The van der Waals surface area contributed by atoms with Gasteiger partial charge in [-0.05, 0) is 12.1 Å². The first-order valence-electron chi connectivity index (χ1n) is 4.44. The Labute approximate surface area is 102 Å². The number of carbonyl (C=O) groups is 2. The maximum atomic E-state index is 11.1. The van der Waals surface area contributed by atoms with Gasteiger partial charge in [-0.1, -0.05) is 11.6 Å². The molecule has 1 aromatic rings. The number of hydrogen-bond acceptors (Lipinski definition) is 4. The Morgan fingerprint density at radius 3 is 2.82 bits per heavy atom. The molecular formula is C10H8ClN3O3. The van der Waals surface area contributed by atoms with Gasteiger partial charge in [0.2, 0.25) is 0 Å². The minimum absolute atomic E-state index is 0.166. The van der Waals surface area contributed by atoms with Gasteiger partial charge in [-0.25, -0.2) is 4.79 Å². The van der Waals surface area contributed by atoms with Crippen LogP contribution in [0.4, 0.5) is 4.79 Å². The van der Waals surface area contributed by atoms with Gasteiger partial charge in [-0.2, -0.15) is 5.26 Å². The van der Waals surface area contributed by atoms with Gasteiger partial charge >= 0.3 is 6.03 Å². The van der Waals surface area contributed by atoms with Crippen molar-refractivity contribution >= 4 is 23.5 Å². The van der Waals surface area contributed by atoms with Gasteiger partial charge in [-0.3, -0.25) is 10.1 Å². The van der Waals surface area contributed by atoms with Crippen molar-refractivity contribution in [3.63, 3.8) is 0 Å². The number of halogens is 1. The van der Waals surface area contributed by atoms with Crippen LogP contribution in [0.5, 0.6) is 5.75 Å². The summed E-state index contributed by atoms with van der Waals surface area (Å²) in [6.45, 7) is -0.433. The lowest BCUT2D eigenvalue weighted by molar-refractivity contribution is -0.121. The highest BCUT2D eigenvalue weighted by Gasteiger charge is 2.08. The van der Waals surface area contributed by atoms with Crippen LogP contribution in [0.15, 0.2) is 18.2 Å². The zero-order valence-corrected chi connectivity index (χ0v) is 9.32. The van der Waals surface area contributed by atoms with Gasteiger partial charge in [0.05, 0.1) is 5.56 Å². The Hall–Kier alpha value is -2.26. The van der Waals surface area contributed by atoms with Crippen molar-refractivity contribution in [1.29, 1.82) is 5.26 Å². The molecule has 0 aliphatic rings. The van der Waals surface area contributed by atoms with E-state index < -0.39 is 18.5 Å². The van der Waals surface area contributed by atoms with E-state index in [-0.39, 0.29) is 11.3 Å². The van der Waals surface area contributed by atoms with Crippen LogP contribution < -0.4 is 15.8 Å². The van der Waals surface area contributed by atoms with Crippen molar-refractivity contribution in [3.8, 4) is 11.8 Å². The number of ether oxygens (including phenoxy) is 1. The number of nitrogens with two attached hydrogens (primary N) is 1. The van der Waals surface area contributed by atoms with Gasteiger partial charge in [0.15, 0.2) is 6.61 Å². The van der Waals surface area contributed by atoms with Crippen LogP contribution in [0, 0.1) is 11.3 Å². The van der Waals surface area contributed by atoms with Gasteiger partial charge < -0.3 is 10.5 Å². The van der Waals surface area contributed by atoms with Crippen LogP contribution >= 0.6 is 11.6 Å². The number of hydrogen-bond donors (Lipinski definition) is 2. The van der Waals surface area contributed by atoms with Crippen LogP contribution in [0.3, 0.4) is 0 Å². The van der Waals surface area contributed by atoms with E-state index in [0.29, 0.717) is 5.02 Å². The SMILES string of the molecule is N#Cc1ccc(Cl)cc1OCC(=O)NC(N)=O. The second kappa shape index (κ2) is 5.72. The minimum Gasteiger partial charge on any atom is -0.482 e. The molecule has 0 spiro atoms. The second-order valence-electron chi connectivity index (χ2n) is 2.95. The third-order valence-electron chi connectivity index (χ3n) is 1.69. The van der Waals surface area contributed by atoms with Crippen molar-refractivity contribution in [2.75, 3.05) is 6.61 Å². The zero-order chi connectivity index (χ0) is 12.8. The molecule has 3 N–H and O–H groups in total. The zero-order valence-electron chi connectivity index (χ0n) is 8.57. The van der Waals surface area contributed by atoms with E-state index in [1.807, 2.05) is 11.4 Å². The lowest BCUT2D eigenvalue weighted by Gasteiger charge is -2.07. The maximum Gasteiger partial charge on any atom is 0.318 e. The smallest absolute Gasteiger partial charge is 0.318 e. The molecule has 0 radical (unpaired) electrons. The van der Waals surface area contributed by atoms with E-state index in [1.165, 1.54) is 18.2 Å². The average molecular weight is 254 g/mol. The first-order valence-corrected chi connectivity index (χ1v) is 4.82. The Balaban J connectivity index is 2.69. The quantitative estimate of drug-likeness (QED) is 0.830. The second-order valence-corrected chi connectivity index (χ2v) is 3.39. The first-order chi connectivity index (χ1) is 8.02. The number of imide groups is 1. The molecular weight excluding hydrogens is 246 g/mol. The van der Waals surface area contributed by atoms with E-state index in [9.17, 15) is 9.59 Å². The molecule has 0 saturated carbocycles. The molecule has 0 aromatic heterocycles. The maximum absolute atomic E-state index is 11.1. The fraction of sp³-hybridized carbons (Fsp3) is 0.100. The summed E-state index contributed by atoms with van der Waals surface area (Å²) in [7, 11) is 0. The van der Waals surface area contributed by atoms with Gasteiger partial charge in [-0.15, -0.1) is 0 Å². The highest BCUT2D eigenvalue weighted by Crippen LogP contribution is 2.22. The molecule has 0 heterocycles.